The Hall–Kier alpha value is -1.96. The molecule has 0 atom stereocenters. The quantitative estimate of drug-likeness (QED) is 0.829. The molecule has 0 aliphatic carbocycles. The van der Waals surface area contributed by atoms with Crippen molar-refractivity contribution in [3.63, 3.8) is 0 Å². The highest BCUT2D eigenvalue weighted by molar-refractivity contribution is 5.46. The molecule has 0 unspecified atom stereocenters. The lowest BCUT2D eigenvalue weighted by Gasteiger charge is -2.29. The lowest BCUT2D eigenvalue weighted by atomic mass is 9.76. The Balaban J connectivity index is 2.42. The topological polar surface area (TPSA) is 40.5 Å². The maximum absolute atomic E-state index is 10.1. The Morgan fingerprint density at radius 1 is 1.05 bits per heavy atom. The van der Waals surface area contributed by atoms with Crippen LogP contribution in [0.5, 0.6) is 11.5 Å². The van der Waals surface area contributed by atoms with Crippen LogP contribution < -0.4 is 0 Å². The van der Waals surface area contributed by atoms with Crippen molar-refractivity contribution in [3.8, 4) is 11.5 Å². The molecule has 0 amide bonds. The van der Waals surface area contributed by atoms with Crippen LogP contribution >= 0.6 is 0 Å². The van der Waals surface area contributed by atoms with Gasteiger partial charge in [0.15, 0.2) is 0 Å². The third-order valence-corrected chi connectivity index (χ3v) is 4.28. The number of aromatic hydroxyl groups is 2. The molecule has 2 nitrogen and oxygen atoms in total. The lowest BCUT2D eigenvalue weighted by molar-refractivity contribution is 0.460. The molecule has 118 valence electrons. The summed E-state index contributed by atoms with van der Waals surface area (Å²) in [5, 5.41) is 19.8. The molecule has 2 aromatic rings. The van der Waals surface area contributed by atoms with Crippen LogP contribution in [0.3, 0.4) is 0 Å². The minimum Gasteiger partial charge on any atom is -0.508 e. The van der Waals surface area contributed by atoms with E-state index in [9.17, 15) is 10.2 Å². The van der Waals surface area contributed by atoms with Gasteiger partial charge < -0.3 is 10.2 Å². The molecule has 0 aromatic heterocycles. The fourth-order valence-electron chi connectivity index (χ4n) is 3.17. The summed E-state index contributed by atoms with van der Waals surface area (Å²) in [4.78, 5) is 0. The van der Waals surface area contributed by atoms with Crippen molar-refractivity contribution < 1.29 is 10.2 Å². The zero-order valence-electron chi connectivity index (χ0n) is 14.1. The fourth-order valence-corrected chi connectivity index (χ4v) is 3.17. The second-order valence-corrected chi connectivity index (χ2v) is 7.11. The molecule has 2 aromatic carbocycles. The van der Waals surface area contributed by atoms with E-state index in [4.69, 9.17) is 0 Å². The second kappa shape index (κ2) is 6.04. The van der Waals surface area contributed by atoms with Gasteiger partial charge in [-0.2, -0.15) is 0 Å². The summed E-state index contributed by atoms with van der Waals surface area (Å²) in [6, 6.07) is 11.4. The molecule has 0 saturated carbocycles. The molecule has 0 spiro atoms. The maximum atomic E-state index is 10.1. The number of aryl methyl sites for hydroxylation is 1. The highest BCUT2D eigenvalue weighted by Crippen LogP contribution is 2.36. The summed E-state index contributed by atoms with van der Waals surface area (Å²) in [7, 11) is 0. The molecule has 0 radical (unpaired) electrons. The molecule has 0 fully saturated rings. The SMILES string of the molecule is Cc1cc(O)c(C(C)C)cc1C(C)(C)Cc1cccc(O)c1. The van der Waals surface area contributed by atoms with Crippen LogP contribution in [0.15, 0.2) is 36.4 Å². The molecule has 22 heavy (non-hydrogen) atoms. The van der Waals surface area contributed by atoms with Crippen LogP contribution in [0, 0.1) is 6.92 Å². The average Bonchev–Trinajstić information content (AvgIpc) is 2.37. The zero-order valence-corrected chi connectivity index (χ0v) is 14.1. The number of benzene rings is 2. The maximum Gasteiger partial charge on any atom is 0.119 e. The van der Waals surface area contributed by atoms with E-state index < -0.39 is 0 Å². The van der Waals surface area contributed by atoms with E-state index in [1.807, 2.05) is 31.2 Å². The first-order valence-corrected chi connectivity index (χ1v) is 7.82. The third-order valence-electron chi connectivity index (χ3n) is 4.28. The van der Waals surface area contributed by atoms with E-state index in [2.05, 4.69) is 33.8 Å². The summed E-state index contributed by atoms with van der Waals surface area (Å²) in [6.07, 6.45) is 0.838. The van der Waals surface area contributed by atoms with Crippen molar-refractivity contribution in [2.75, 3.05) is 0 Å². The monoisotopic (exact) mass is 298 g/mol. The van der Waals surface area contributed by atoms with Gasteiger partial charge in [-0.1, -0.05) is 45.9 Å². The van der Waals surface area contributed by atoms with Gasteiger partial charge in [-0.05, 0) is 65.1 Å². The minimum atomic E-state index is -0.0742. The Morgan fingerprint density at radius 2 is 1.73 bits per heavy atom. The average molecular weight is 298 g/mol. The smallest absolute Gasteiger partial charge is 0.119 e. The molecule has 0 saturated heterocycles. The zero-order chi connectivity index (χ0) is 16.5. The molecule has 2 N–H and O–H groups in total. The van der Waals surface area contributed by atoms with Crippen molar-refractivity contribution in [1.29, 1.82) is 0 Å². The predicted octanol–water partition coefficient (Wildman–Crippen LogP) is 5.05. The molecule has 2 heteroatoms. The predicted molar refractivity (Wildman–Crippen MR) is 91.8 cm³/mol. The summed E-state index contributed by atoms with van der Waals surface area (Å²) >= 11 is 0. The molecule has 0 heterocycles. The Labute approximate surface area is 133 Å². The minimum absolute atomic E-state index is 0.0742. The Bertz CT molecular complexity index is 669. The number of rotatable bonds is 4. The van der Waals surface area contributed by atoms with Gasteiger partial charge in [-0.3, -0.25) is 0 Å². The normalized spacial score (nSPS) is 11.9. The van der Waals surface area contributed by atoms with E-state index in [1.54, 1.807) is 6.07 Å². The number of phenols is 2. The van der Waals surface area contributed by atoms with Gasteiger partial charge >= 0.3 is 0 Å². The van der Waals surface area contributed by atoms with E-state index in [-0.39, 0.29) is 11.3 Å². The largest absolute Gasteiger partial charge is 0.508 e. The first kappa shape index (κ1) is 16.4. The molecule has 0 aliphatic heterocycles. The Kier molecular flexibility index (Phi) is 4.50. The summed E-state index contributed by atoms with van der Waals surface area (Å²) < 4.78 is 0. The molecular formula is C20H26O2. The van der Waals surface area contributed by atoms with E-state index >= 15 is 0 Å². The van der Waals surface area contributed by atoms with E-state index in [0.717, 1.165) is 23.1 Å². The van der Waals surface area contributed by atoms with Crippen molar-refractivity contribution >= 4 is 0 Å². The van der Waals surface area contributed by atoms with Crippen molar-refractivity contribution in [2.45, 2.75) is 52.4 Å². The van der Waals surface area contributed by atoms with E-state index in [0.29, 0.717) is 11.5 Å². The third kappa shape index (κ3) is 3.44. The van der Waals surface area contributed by atoms with Gasteiger partial charge in [0.05, 0.1) is 0 Å². The summed E-state index contributed by atoms with van der Waals surface area (Å²) in [5.41, 5.74) is 4.38. The standard InChI is InChI=1S/C20H26O2/c1-13(2)17-11-18(14(3)9-19(17)22)20(4,5)12-15-7-6-8-16(21)10-15/h6-11,13,21-22H,12H2,1-5H3. The van der Waals surface area contributed by atoms with Crippen molar-refractivity contribution in [3.05, 3.63) is 58.7 Å². The summed E-state index contributed by atoms with van der Waals surface area (Å²) in [6.45, 7) is 10.7. The van der Waals surface area contributed by atoms with Crippen LogP contribution in [0.25, 0.3) is 0 Å². The lowest BCUT2D eigenvalue weighted by Crippen LogP contribution is -2.22. The van der Waals surface area contributed by atoms with Gasteiger partial charge in [-0.15, -0.1) is 0 Å². The van der Waals surface area contributed by atoms with Crippen molar-refractivity contribution in [1.82, 2.24) is 0 Å². The van der Waals surface area contributed by atoms with Crippen LogP contribution in [-0.2, 0) is 11.8 Å². The highest BCUT2D eigenvalue weighted by atomic mass is 16.3. The van der Waals surface area contributed by atoms with Gasteiger partial charge in [0, 0.05) is 0 Å². The van der Waals surface area contributed by atoms with Crippen LogP contribution in [0.1, 0.15) is 55.9 Å². The number of hydrogen-bond donors (Lipinski definition) is 2. The first-order chi connectivity index (χ1) is 10.2. The van der Waals surface area contributed by atoms with Gasteiger partial charge in [0.1, 0.15) is 11.5 Å². The molecule has 2 rings (SSSR count). The van der Waals surface area contributed by atoms with Gasteiger partial charge in [-0.25, -0.2) is 0 Å². The number of hydrogen-bond acceptors (Lipinski definition) is 2. The molecule has 0 aliphatic rings. The van der Waals surface area contributed by atoms with Gasteiger partial charge in [0.25, 0.3) is 0 Å². The highest BCUT2D eigenvalue weighted by Gasteiger charge is 2.25. The second-order valence-electron chi connectivity index (χ2n) is 7.11. The van der Waals surface area contributed by atoms with Crippen LogP contribution in [0.2, 0.25) is 0 Å². The Morgan fingerprint density at radius 3 is 2.32 bits per heavy atom. The van der Waals surface area contributed by atoms with Crippen LogP contribution in [0.4, 0.5) is 0 Å². The molecule has 0 bridgehead atoms. The number of phenolic OH excluding ortho intramolecular Hbond substituents is 2. The fraction of sp³-hybridized carbons (Fsp3) is 0.400. The van der Waals surface area contributed by atoms with Crippen molar-refractivity contribution in [2.24, 2.45) is 0 Å². The first-order valence-electron chi connectivity index (χ1n) is 7.82. The van der Waals surface area contributed by atoms with Crippen LogP contribution in [-0.4, -0.2) is 10.2 Å². The molecular weight excluding hydrogens is 272 g/mol. The summed E-state index contributed by atoms with van der Waals surface area (Å²) in [5.74, 6) is 0.971. The van der Waals surface area contributed by atoms with E-state index in [1.165, 1.54) is 5.56 Å². The van der Waals surface area contributed by atoms with Gasteiger partial charge in [0.2, 0.25) is 0 Å².